The second-order valence-corrected chi connectivity index (χ2v) is 10.6. The van der Waals surface area contributed by atoms with Crippen molar-refractivity contribution in [3.05, 3.63) is 106 Å². The molecule has 2 saturated heterocycles. The first-order chi connectivity index (χ1) is 19.1. The number of carboxylic acid groups (broad SMARTS) is 1. The molecule has 0 spiro atoms. The molecule has 0 radical (unpaired) electrons. The number of hydrogen-bond acceptors (Lipinski definition) is 3. The summed E-state index contributed by atoms with van der Waals surface area (Å²) in [4.78, 5) is 29.2. The fourth-order valence-corrected chi connectivity index (χ4v) is 6.06. The SMILES string of the molecule is O=C(O)c1ccccc1Cl.O=C(c1ccc2[nH]cc(C3CCN4CCCC4C3)c2c1)c1ccccc1C(F)(F)F. The highest BCUT2D eigenvalue weighted by atomic mass is 35.5. The zero-order valence-corrected chi connectivity index (χ0v) is 22.3. The van der Waals surface area contributed by atoms with Gasteiger partial charge < -0.3 is 15.0 Å². The molecule has 2 aliphatic rings. The van der Waals surface area contributed by atoms with Crippen LogP contribution in [0.3, 0.4) is 0 Å². The van der Waals surface area contributed by atoms with E-state index in [1.54, 1.807) is 36.4 Å². The fraction of sp³-hybridized carbons (Fsp3) is 0.290. The van der Waals surface area contributed by atoms with E-state index in [0.717, 1.165) is 36.4 Å². The van der Waals surface area contributed by atoms with Gasteiger partial charge in [-0.15, -0.1) is 0 Å². The number of carbonyl (C=O) groups is 2. The zero-order valence-electron chi connectivity index (χ0n) is 21.5. The molecule has 2 atom stereocenters. The van der Waals surface area contributed by atoms with Crippen LogP contribution in [0, 0.1) is 0 Å². The van der Waals surface area contributed by atoms with Gasteiger partial charge in [0.05, 0.1) is 16.1 Å². The van der Waals surface area contributed by atoms with E-state index >= 15 is 0 Å². The van der Waals surface area contributed by atoms with Crippen LogP contribution < -0.4 is 0 Å². The molecule has 6 rings (SSSR count). The Labute approximate surface area is 234 Å². The van der Waals surface area contributed by atoms with E-state index in [4.69, 9.17) is 16.7 Å². The van der Waals surface area contributed by atoms with E-state index in [2.05, 4.69) is 9.88 Å². The number of fused-ring (bicyclic) bond motifs is 2. The molecule has 5 nitrogen and oxygen atoms in total. The first-order valence-electron chi connectivity index (χ1n) is 13.2. The number of ketones is 1. The van der Waals surface area contributed by atoms with Crippen LogP contribution >= 0.6 is 11.6 Å². The van der Waals surface area contributed by atoms with Gasteiger partial charge in [-0.1, -0.05) is 41.9 Å². The van der Waals surface area contributed by atoms with Crippen molar-refractivity contribution in [1.82, 2.24) is 9.88 Å². The van der Waals surface area contributed by atoms with E-state index in [9.17, 15) is 22.8 Å². The van der Waals surface area contributed by atoms with E-state index in [-0.39, 0.29) is 16.1 Å². The van der Waals surface area contributed by atoms with Crippen LogP contribution in [0.25, 0.3) is 10.9 Å². The van der Waals surface area contributed by atoms with Crippen LogP contribution in [-0.2, 0) is 6.18 Å². The van der Waals surface area contributed by atoms with Gasteiger partial charge in [0, 0.05) is 34.3 Å². The van der Waals surface area contributed by atoms with Crippen molar-refractivity contribution in [3.8, 4) is 0 Å². The Morgan fingerprint density at radius 2 is 1.68 bits per heavy atom. The maximum atomic E-state index is 13.4. The van der Waals surface area contributed by atoms with Gasteiger partial charge in [-0.3, -0.25) is 4.79 Å². The Balaban J connectivity index is 0.000000274. The summed E-state index contributed by atoms with van der Waals surface area (Å²) in [5.41, 5.74) is 1.33. The zero-order chi connectivity index (χ0) is 28.4. The first kappa shape index (κ1) is 27.9. The summed E-state index contributed by atoms with van der Waals surface area (Å²) in [6.07, 6.45) is 2.10. The average molecular weight is 569 g/mol. The summed E-state index contributed by atoms with van der Waals surface area (Å²) in [6, 6.07) is 17.1. The van der Waals surface area contributed by atoms with Crippen LogP contribution in [0.2, 0.25) is 5.02 Å². The molecule has 0 aliphatic carbocycles. The lowest BCUT2D eigenvalue weighted by Crippen LogP contribution is -2.37. The molecule has 4 aromatic rings. The van der Waals surface area contributed by atoms with Gasteiger partial charge in [-0.05, 0) is 86.7 Å². The number of nitrogens with zero attached hydrogens (tertiary/aromatic N) is 1. The molecular weight excluding hydrogens is 541 g/mol. The summed E-state index contributed by atoms with van der Waals surface area (Å²) >= 11 is 5.54. The van der Waals surface area contributed by atoms with Gasteiger partial charge in [0.1, 0.15) is 0 Å². The quantitative estimate of drug-likeness (QED) is 0.246. The van der Waals surface area contributed by atoms with Crippen molar-refractivity contribution in [2.24, 2.45) is 0 Å². The van der Waals surface area contributed by atoms with Gasteiger partial charge in [0.15, 0.2) is 5.78 Å². The van der Waals surface area contributed by atoms with Crippen molar-refractivity contribution in [2.45, 2.75) is 43.8 Å². The number of rotatable bonds is 4. The predicted molar refractivity (Wildman–Crippen MR) is 148 cm³/mol. The van der Waals surface area contributed by atoms with Crippen molar-refractivity contribution in [2.75, 3.05) is 13.1 Å². The number of piperidine rings is 1. The van der Waals surface area contributed by atoms with Crippen molar-refractivity contribution in [3.63, 3.8) is 0 Å². The number of carboxylic acids is 1. The maximum Gasteiger partial charge on any atom is 0.417 e. The third kappa shape index (κ3) is 5.78. The van der Waals surface area contributed by atoms with Crippen LogP contribution in [0.4, 0.5) is 13.2 Å². The monoisotopic (exact) mass is 568 g/mol. The molecular formula is C31H28ClF3N2O3. The second kappa shape index (κ2) is 11.5. The van der Waals surface area contributed by atoms with Gasteiger partial charge in [-0.2, -0.15) is 13.2 Å². The van der Waals surface area contributed by atoms with Crippen LogP contribution in [0.5, 0.6) is 0 Å². The van der Waals surface area contributed by atoms with Gasteiger partial charge >= 0.3 is 12.1 Å². The van der Waals surface area contributed by atoms with Gasteiger partial charge in [-0.25, -0.2) is 4.79 Å². The number of halogens is 4. The molecule has 2 fully saturated rings. The number of alkyl halides is 3. The lowest BCUT2D eigenvalue weighted by molar-refractivity contribution is -0.137. The van der Waals surface area contributed by atoms with Crippen molar-refractivity contribution >= 4 is 34.3 Å². The van der Waals surface area contributed by atoms with Crippen LogP contribution in [0.15, 0.2) is 72.9 Å². The number of benzene rings is 3. The minimum absolute atomic E-state index is 0.143. The highest BCUT2D eigenvalue weighted by Crippen LogP contribution is 2.39. The Morgan fingerprint density at radius 3 is 2.38 bits per heavy atom. The summed E-state index contributed by atoms with van der Waals surface area (Å²) in [7, 11) is 0. The Morgan fingerprint density at radius 1 is 0.950 bits per heavy atom. The summed E-state index contributed by atoms with van der Waals surface area (Å²) < 4.78 is 40.1. The molecule has 2 unspecified atom stereocenters. The topological polar surface area (TPSA) is 73.4 Å². The number of nitrogens with one attached hydrogen (secondary N) is 1. The van der Waals surface area contributed by atoms with E-state index in [1.807, 2.05) is 6.20 Å². The third-order valence-corrected chi connectivity index (χ3v) is 8.15. The Bertz CT molecular complexity index is 1550. The summed E-state index contributed by atoms with van der Waals surface area (Å²) in [5.74, 6) is -1.18. The molecule has 2 aliphatic heterocycles. The van der Waals surface area contributed by atoms with Crippen molar-refractivity contribution in [1.29, 1.82) is 0 Å². The summed E-state index contributed by atoms with van der Waals surface area (Å²) in [5, 5.41) is 9.70. The van der Waals surface area contributed by atoms with Crippen LogP contribution in [0.1, 0.15) is 69.0 Å². The average Bonchev–Trinajstić information content (AvgIpc) is 3.59. The molecule has 9 heteroatoms. The number of aromatic amines is 1. The molecule has 40 heavy (non-hydrogen) atoms. The Kier molecular flexibility index (Phi) is 8.01. The van der Waals surface area contributed by atoms with E-state index in [0.29, 0.717) is 17.5 Å². The minimum atomic E-state index is -4.56. The molecule has 0 bridgehead atoms. The number of aromatic carboxylic acids is 1. The molecule has 1 aromatic heterocycles. The van der Waals surface area contributed by atoms with E-state index in [1.165, 1.54) is 49.2 Å². The third-order valence-electron chi connectivity index (χ3n) is 7.82. The van der Waals surface area contributed by atoms with E-state index < -0.39 is 23.5 Å². The normalized spacial score (nSPS) is 19.1. The largest absolute Gasteiger partial charge is 0.478 e. The van der Waals surface area contributed by atoms with Gasteiger partial charge in [0.25, 0.3) is 0 Å². The summed E-state index contributed by atoms with van der Waals surface area (Å²) in [6.45, 7) is 2.27. The molecule has 2 N–H and O–H groups in total. The first-order valence-corrected chi connectivity index (χ1v) is 13.5. The smallest absolute Gasteiger partial charge is 0.417 e. The number of carbonyl (C=O) groups excluding carboxylic acids is 1. The standard InChI is InChI=1S/C24H23F3N2O.C7H5ClO2/c25-24(26,27)21-6-2-1-5-18(21)23(30)16-7-8-22-19(13-16)20(14-28-22)15-9-11-29-10-3-4-17(29)12-15;8-6-4-2-1-3-5(6)7(9)10/h1-2,5-8,13-15,17,28H,3-4,9-12H2;1-4H,(H,9,10). The predicted octanol–water partition coefficient (Wildman–Crippen LogP) is 7.80. The lowest BCUT2D eigenvalue weighted by atomic mass is 9.85. The molecule has 3 aromatic carbocycles. The number of H-pyrrole nitrogens is 1. The molecule has 0 saturated carbocycles. The maximum absolute atomic E-state index is 13.4. The number of aromatic nitrogens is 1. The van der Waals surface area contributed by atoms with Gasteiger partial charge in [0.2, 0.25) is 0 Å². The lowest BCUT2D eigenvalue weighted by Gasteiger charge is -2.34. The fourth-order valence-electron chi connectivity index (χ4n) is 5.85. The highest BCUT2D eigenvalue weighted by Gasteiger charge is 2.36. The molecule has 3 heterocycles. The highest BCUT2D eigenvalue weighted by molar-refractivity contribution is 6.33. The molecule has 0 amide bonds. The second-order valence-electron chi connectivity index (χ2n) is 10.2. The van der Waals surface area contributed by atoms with Crippen molar-refractivity contribution < 1.29 is 27.9 Å². The number of hydrogen-bond donors (Lipinski definition) is 2. The Hall–Kier alpha value is -3.62. The minimum Gasteiger partial charge on any atom is -0.478 e. The molecule has 208 valence electrons. The van der Waals surface area contributed by atoms with Crippen LogP contribution in [-0.4, -0.2) is 45.9 Å².